The number of cyclic esters (lactones) is 1. The van der Waals surface area contributed by atoms with E-state index in [0.29, 0.717) is 35.3 Å². The van der Waals surface area contributed by atoms with E-state index in [-0.39, 0.29) is 12.6 Å². The summed E-state index contributed by atoms with van der Waals surface area (Å²) in [5.41, 5.74) is 3.23. The molecule has 2 aromatic rings. The Balaban J connectivity index is 2.18. The van der Waals surface area contributed by atoms with E-state index in [4.69, 9.17) is 18.9 Å². The highest BCUT2D eigenvalue weighted by molar-refractivity contribution is 5.96. The molecule has 5 nitrogen and oxygen atoms in total. The van der Waals surface area contributed by atoms with Gasteiger partial charge in [0.1, 0.15) is 6.61 Å². The monoisotopic (exact) mass is 342 g/mol. The van der Waals surface area contributed by atoms with Gasteiger partial charge >= 0.3 is 5.97 Å². The van der Waals surface area contributed by atoms with E-state index in [9.17, 15) is 4.79 Å². The number of carbonyl (C=O) groups is 1. The van der Waals surface area contributed by atoms with Crippen LogP contribution in [0.1, 0.15) is 29.8 Å². The lowest BCUT2D eigenvalue weighted by Crippen LogP contribution is -2.07. The molecule has 1 aliphatic heterocycles. The highest BCUT2D eigenvalue weighted by Gasteiger charge is 2.27. The second-order valence-electron chi connectivity index (χ2n) is 6.29. The van der Waals surface area contributed by atoms with Crippen LogP contribution in [-0.2, 0) is 11.3 Å². The molecule has 0 atom stereocenters. The average Bonchev–Trinajstić information content (AvgIpc) is 3.00. The second-order valence-corrected chi connectivity index (χ2v) is 6.29. The Hall–Kier alpha value is -2.69. The van der Waals surface area contributed by atoms with Gasteiger partial charge in [0.2, 0.25) is 5.75 Å². The highest BCUT2D eigenvalue weighted by Crippen LogP contribution is 2.46. The maximum atomic E-state index is 11.9. The molecule has 1 aliphatic rings. The minimum absolute atomic E-state index is 0.266. The van der Waals surface area contributed by atoms with Crippen molar-refractivity contribution in [2.24, 2.45) is 5.92 Å². The average molecular weight is 342 g/mol. The van der Waals surface area contributed by atoms with Crippen molar-refractivity contribution in [3.8, 4) is 28.4 Å². The number of ether oxygens (including phenoxy) is 4. The van der Waals surface area contributed by atoms with Gasteiger partial charge < -0.3 is 18.9 Å². The van der Waals surface area contributed by atoms with Crippen molar-refractivity contribution in [3.63, 3.8) is 0 Å². The van der Waals surface area contributed by atoms with Gasteiger partial charge in [-0.25, -0.2) is 4.79 Å². The zero-order valence-corrected chi connectivity index (χ0v) is 14.9. The predicted molar refractivity (Wildman–Crippen MR) is 94.4 cm³/mol. The van der Waals surface area contributed by atoms with Gasteiger partial charge in [0.25, 0.3) is 0 Å². The molecule has 1 heterocycles. The lowest BCUT2D eigenvalue weighted by molar-refractivity contribution is 0.0535. The number of fused-ring (bicyclic) bond motifs is 1. The molecule has 0 radical (unpaired) electrons. The SMILES string of the molecule is COc1ccc(-c2cccc3c2COC3=O)c(OCC(C)C)c1OC. The Morgan fingerprint density at radius 1 is 1.00 bits per heavy atom. The maximum Gasteiger partial charge on any atom is 0.338 e. The standard InChI is InChI=1S/C20H22O5/c1-12(2)10-24-18-14(8-9-17(22-3)19(18)23-4)13-6-5-7-15-16(13)11-25-20(15)21/h5-9,12H,10-11H2,1-4H3. The van der Waals surface area contributed by atoms with Crippen molar-refractivity contribution in [3.05, 3.63) is 41.5 Å². The summed E-state index contributed by atoms with van der Waals surface area (Å²) in [4.78, 5) is 11.9. The number of hydrogen-bond acceptors (Lipinski definition) is 5. The Bertz CT molecular complexity index is 795. The van der Waals surface area contributed by atoms with E-state index in [2.05, 4.69) is 13.8 Å². The maximum absolute atomic E-state index is 11.9. The molecule has 5 heteroatoms. The summed E-state index contributed by atoms with van der Waals surface area (Å²) in [5, 5.41) is 0. The number of rotatable bonds is 6. The van der Waals surface area contributed by atoms with Crippen LogP contribution in [0, 0.1) is 5.92 Å². The molecule has 0 unspecified atom stereocenters. The topological polar surface area (TPSA) is 54.0 Å². The Kier molecular flexibility index (Phi) is 4.83. The fourth-order valence-electron chi connectivity index (χ4n) is 2.91. The van der Waals surface area contributed by atoms with E-state index >= 15 is 0 Å². The Labute approximate surface area is 147 Å². The summed E-state index contributed by atoms with van der Waals surface area (Å²) in [6, 6.07) is 9.36. The van der Waals surface area contributed by atoms with E-state index in [1.165, 1.54) is 0 Å². The molecule has 132 valence electrons. The van der Waals surface area contributed by atoms with Crippen LogP contribution in [0.4, 0.5) is 0 Å². The number of methoxy groups -OCH3 is 2. The molecule has 0 spiro atoms. The van der Waals surface area contributed by atoms with Crippen molar-refractivity contribution < 1.29 is 23.7 Å². The zero-order valence-electron chi connectivity index (χ0n) is 14.9. The molecule has 0 aromatic heterocycles. The van der Waals surface area contributed by atoms with Crippen LogP contribution >= 0.6 is 0 Å². The van der Waals surface area contributed by atoms with E-state index in [1.54, 1.807) is 20.3 Å². The van der Waals surface area contributed by atoms with E-state index < -0.39 is 0 Å². The smallest absolute Gasteiger partial charge is 0.338 e. The summed E-state index contributed by atoms with van der Waals surface area (Å²) in [6.07, 6.45) is 0. The molecule has 0 amide bonds. The summed E-state index contributed by atoms with van der Waals surface area (Å²) in [7, 11) is 3.18. The van der Waals surface area contributed by atoms with Crippen LogP contribution in [0.2, 0.25) is 0 Å². The van der Waals surface area contributed by atoms with Crippen LogP contribution in [-0.4, -0.2) is 26.8 Å². The minimum Gasteiger partial charge on any atom is -0.493 e. The Morgan fingerprint density at radius 3 is 2.44 bits per heavy atom. The first-order chi connectivity index (χ1) is 12.1. The molecular weight excluding hydrogens is 320 g/mol. The number of hydrogen-bond donors (Lipinski definition) is 0. The molecule has 25 heavy (non-hydrogen) atoms. The molecule has 2 aromatic carbocycles. The first-order valence-electron chi connectivity index (χ1n) is 8.24. The first-order valence-corrected chi connectivity index (χ1v) is 8.24. The van der Waals surface area contributed by atoms with Gasteiger partial charge in [0.15, 0.2) is 11.5 Å². The predicted octanol–water partition coefficient (Wildman–Crippen LogP) is 4.08. The zero-order chi connectivity index (χ0) is 18.0. The normalized spacial score (nSPS) is 12.8. The van der Waals surface area contributed by atoms with Crippen LogP contribution in [0.5, 0.6) is 17.2 Å². The summed E-state index contributed by atoms with van der Waals surface area (Å²) in [6.45, 7) is 4.97. The number of carbonyl (C=O) groups excluding carboxylic acids is 1. The third-order valence-corrected chi connectivity index (χ3v) is 4.09. The molecule has 0 fully saturated rings. The third kappa shape index (κ3) is 3.14. The lowest BCUT2D eigenvalue weighted by Gasteiger charge is -2.19. The van der Waals surface area contributed by atoms with Gasteiger partial charge in [-0.3, -0.25) is 0 Å². The minimum atomic E-state index is -0.290. The Morgan fingerprint density at radius 2 is 1.76 bits per heavy atom. The van der Waals surface area contributed by atoms with Gasteiger partial charge in [-0.05, 0) is 29.7 Å². The van der Waals surface area contributed by atoms with Crippen molar-refractivity contribution >= 4 is 5.97 Å². The fraction of sp³-hybridized carbons (Fsp3) is 0.350. The second kappa shape index (κ2) is 7.05. The van der Waals surface area contributed by atoms with Crippen molar-refractivity contribution in [1.82, 2.24) is 0 Å². The third-order valence-electron chi connectivity index (χ3n) is 4.09. The van der Waals surface area contributed by atoms with Gasteiger partial charge in [-0.2, -0.15) is 0 Å². The van der Waals surface area contributed by atoms with Crippen molar-refractivity contribution in [2.45, 2.75) is 20.5 Å². The van der Waals surface area contributed by atoms with E-state index in [0.717, 1.165) is 16.7 Å². The number of esters is 1. The lowest BCUT2D eigenvalue weighted by atomic mass is 9.95. The molecular formula is C20H22O5. The van der Waals surface area contributed by atoms with Crippen LogP contribution in [0.15, 0.2) is 30.3 Å². The van der Waals surface area contributed by atoms with Crippen molar-refractivity contribution in [2.75, 3.05) is 20.8 Å². The molecule has 0 aliphatic carbocycles. The fourth-order valence-corrected chi connectivity index (χ4v) is 2.91. The molecule has 0 bridgehead atoms. The summed E-state index contributed by atoms with van der Waals surface area (Å²) in [5.74, 6) is 1.83. The molecule has 0 N–H and O–H groups in total. The van der Waals surface area contributed by atoms with Gasteiger partial charge in [0.05, 0.1) is 26.4 Å². The summed E-state index contributed by atoms with van der Waals surface area (Å²) >= 11 is 0. The van der Waals surface area contributed by atoms with Crippen LogP contribution in [0.3, 0.4) is 0 Å². The highest BCUT2D eigenvalue weighted by atomic mass is 16.5. The summed E-state index contributed by atoms with van der Waals surface area (Å²) < 4.78 is 22.2. The largest absolute Gasteiger partial charge is 0.493 e. The number of benzene rings is 2. The van der Waals surface area contributed by atoms with Crippen molar-refractivity contribution in [1.29, 1.82) is 0 Å². The molecule has 0 saturated heterocycles. The van der Waals surface area contributed by atoms with Crippen LogP contribution in [0.25, 0.3) is 11.1 Å². The van der Waals surface area contributed by atoms with E-state index in [1.807, 2.05) is 24.3 Å². The van der Waals surface area contributed by atoms with Gasteiger partial charge in [-0.1, -0.05) is 26.0 Å². The van der Waals surface area contributed by atoms with Crippen LogP contribution < -0.4 is 14.2 Å². The molecule has 0 saturated carbocycles. The first kappa shape index (κ1) is 17.1. The molecule has 3 rings (SSSR count). The quantitative estimate of drug-likeness (QED) is 0.741. The van der Waals surface area contributed by atoms with Gasteiger partial charge in [-0.15, -0.1) is 0 Å². The van der Waals surface area contributed by atoms with Gasteiger partial charge in [0, 0.05) is 11.1 Å².